The van der Waals surface area contributed by atoms with Crippen LogP contribution in [0.25, 0.3) is 0 Å². The smallest absolute Gasteiger partial charge is 0.323 e. The van der Waals surface area contributed by atoms with Crippen LogP contribution in [0.5, 0.6) is 0 Å². The van der Waals surface area contributed by atoms with Crippen molar-refractivity contribution in [3.63, 3.8) is 0 Å². The third-order valence-electron chi connectivity index (χ3n) is 3.51. The van der Waals surface area contributed by atoms with E-state index in [2.05, 4.69) is 0 Å². The minimum absolute atomic E-state index is 0.00116. The Morgan fingerprint density at radius 2 is 1.90 bits per heavy atom. The number of carboxylic acids is 1. The molecule has 0 saturated carbocycles. The molecule has 1 aliphatic heterocycles. The molecule has 0 bridgehead atoms. The largest absolute Gasteiger partial charge is 0.480 e. The summed E-state index contributed by atoms with van der Waals surface area (Å²) in [6, 6.07) is 0. The summed E-state index contributed by atoms with van der Waals surface area (Å²) in [4.78, 5) is 38.1. The molecule has 1 fully saturated rings. The van der Waals surface area contributed by atoms with Crippen molar-refractivity contribution >= 4 is 17.8 Å². The minimum Gasteiger partial charge on any atom is -0.480 e. The Balaban J connectivity index is 2.64. The van der Waals surface area contributed by atoms with Gasteiger partial charge in [-0.05, 0) is 18.8 Å². The monoisotopic (exact) mass is 298 g/mol. The number of hydrogen-bond acceptors (Lipinski definition) is 3. The zero-order valence-electron chi connectivity index (χ0n) is 13.0. The minimum atomic E-state index is -1.03. The molecule has 21 heavy (non-hydrogen) atoms. The van der Waals surface area contributed by atoms with Crippen molar-refractivity contribution in [1.29, 1.82) is 0 Å². The quantitative estimate of drug-likeness (QED) is 0.803. The van der Waals surface area contributed by atoms with Gasteiger partial charge in [0.15, 0.2) is 0 Å². The first-order valence-electron chi connectivity index (χ1n) is 7.67. The lowest BCUT2D eigenvalue weighted by Crippen LogP contribution is -2.46. The molecule has 1 N–H and O–H groups in total. The van der Waals surface area contributed by atoms with Gasteiger partial charge in [0.05, 0.1) is 6.54 Å². The number of amides is 2. The number of carboxylic acid groups (broad SMARTS) is 1. The molecule has 2 amide bonds. The number of likely N-dealkylation sites (tertiary alicyclic amines) is 1. The van der Waals surface area contributed by atoms with Crippen molar-refractivity contribution in [2.45, 2.75) is 46.0 Å². The van der Waals surface area contributed by atoms with E-state index >= 15 is 0 Å². The van der Waals surface area contributed by atoms with E-state index in [0.29, 0.717) is 19.5 Å². The summed E-state index contributed by atoms with van der Waals surface area (Å²) in [7, 11) is 0. The predicted octanol–water partition coefficient (Wildman–Crippen LogP) is 1.35. The molecule has 1 heterocycles. The third-order valence-corrected chi connectivity index (χ3v) is 3.51. The van der Waals surface area contributed by atoms with Crippen molar-refractivity contribution in [1.82, 2.24) is 9.80 Å². The van der Waals surface area contributed by atoms with Crippen LogP contribution in [0.15, 0.2) is 0 Å². The Labute approximate surface area is 126 Å². The molecule has 0 atom stereocenters. The molecule has 1 aliphatic rings. The molecular formula is C15H26N2O4. The van der Waals surface area contributed by atoms with Crippen LogP contribution in [-0.2, 0) is 14.4 Å². The zero-order valence-corrected chi connectivity index (χ0v) is 13.0. The van der Waals surface area contributed by atoms with Crippen LogP contribution in [0.4, 0.5) is 0 Å². The van der Waals surface area contributed by atoms with Gasteiger partial charge in [-0.3, -0.25) is 14.4 Å². The lowest BCUT2D eigenvalue weighted by atomic mass is 10.1. The first kappa shape index (κ1) is 17.5. The van der Waals surface area contributed by atoms with E-state index in [9.17, 15) is 14.4 Å². The van der Waals surface area contributed by atoms with Crippen molar-refractivity contribution in [3.05, 3.63) is 0 Å². The summed E-state index contributed by atoms with van der Waals surface area (Å²) in [5.41, 5.74) is 0. The maximum Gasteiger partial charge on any atom is 0.323 e. The lowest BCUT2D eigenvalue weighted by Gasteiger charge is -2.28. The number of carbonyl (C=O) groups excluding carboxylic acids is 2. The van der Waals surface area contributed by atoms with Crippen molar-refractivity contribution in [2.75, 3.05) is 26.2 Å². The first-order valence-corrected chi connectivity index (χ1v) is 7.67. The summed E-state index contributed by atoms with van der Waals surface area (Å²) in [6.07, 6.45) is 4.39. The van der Waals surface area contributed by atoms with Crippen LogP contribution in [-0.4, -0.2) is 58.9 Å². The fourth-order valence-electron chi connectivity index (χ4n) is 2.50. The van der Waals surface area contributed by atoms with Gasteiger partial charge in [0.25, 0.3) is 0 Å². The Morgan fingerprint density at radius 1 is 1.24 bits per heavy atom. The Hall–Kier alpha value is -1.59. The van der Waals surface area contributed by atoms with Crippen molar-refractivity contribution < 1.29 is 19.5 Å². The number of nitrogens with zero attached hydrogens (tertiary/aromatic N) is 2. The van der Waals surface area contributed by atoms with Crippen LogP contribution in [0.2, 0.25) is 0 Å². The van der Waals surface area contributed by atoms with Gasteiger partial charge >= 0.3 is 5.97 Å². The van der Waals surface area contributed by atoms with Gasteiger partial charge < -0.3 is 14.9 Å². The molecule has 0 spiro atoms. The van der Waals surface area contributed by atoms with Crippen LogP contribution >= 0.6 is 0 Å². The molecule has 120 valence electrons. The molecule has 1 saturated heterocycles. The SMILES string of the molecule is CC(C)CN(CC(=O)O)C(=O)CN1CCCCCCC1=O. The third kappa shape index (κ3) is 6.60. The standard InChI is InChI=1S/C15H26N2O4/c1-12(2)9-17(11-15(20)21)14(19)10-16-8-6-4-3-5-7-13(16)18/h12H,3-11H2,1-2H3,(H,20,21). The number of carbonyl (C=O) groups is 3. The highest BCUT2D eigenvalue weighted by atomic mass is 16.4. The molecule has 0 aromatic rings. The molecule has 0 aromatic carbocycles. The van der Waals surface area contributed by atoms with Gasteiger partial charge in [-0.15, -0.1) is 0 Å². The molecule has 1 rings (SSSR count). The molecule has 6 nitrogen and oxygen atoms in total. The molecule has 0 radical (unpaired) electrons. The van der Waals surface area contributed by atoms with E-state index in [1.807, 2.05) is 13.8 Å². The fourth-order valence-corrected chi connectivity index (χ4v) is 2.50. The van der Waals surface area contributed by atoms with Crippen LogP contribution in [0.3, 0.4) is 0 Å². The van der Waals surface area contributed by atoms with Gasteiger partial charge in [-0.25, -0.2) is 0 Å². The Bertz CT molecular complexity index is 382. The van der Waals surface area contributed by atoms with E-state index in [1.165, 1.54) is 4.90 Å². The maximum atomic E-state index is 12.3. The second-order valence-electron chi connectivity index (χ2n) is 6.04. The summed E-state index contributed by atoms with van der Waals surface area (Å²) < 4.78 is 0. The van der Waals surface area contributed by atoms with Crippen molar-refractivity contribution in [2.24, 2.45) is 5.92 Å². The van der Waals surface area contributed by atoms with Crippen LogP contribution < -0.4 is 0 Å². The summed E-state index contributed by atoms with van der Waals surface area (Å²) in [6.45, 7) is 4.55. The summed E-state index contributed by atoms with van der Waals surface area (Å²) in [5, 5.41) is 8.91. The summed E-state index contributed by atoms with van der Waals surface area (Å²) in [5.74, 6) is -1.11. The van der Waals surface area contributed by atoms with Crippen LogP contribution in [0.1, 0.15) is 46.0 Å². The molecule has 0 unspecified atom stereocenters. The van der Waals surface area contributed by atoms with Gasteiger partial charge in [0.1, 0.15) is 6.54 Å². The molecule has 6 heteroatoms. The average Bonchev–Trinajstić information content (AvgIpc) is 2.36. The molecule has 0 aliphatic carbocycles. The topological polar surface area (TPSA) is 77.9 Å². The fraction of sp³-hybridized carbons (Fsp3) is 0.800. The highest BCUT2D eigenvalue weighted by Gasteiger charge is 2.23. The average molecular weight is 298 g/mol. The number of aliphatic carboxylic acids is 1. The predicted molar refractivity (Wildman–Crippen MR) is 78.7 cm³/mol. The Kier molecular flexibility index (Phi) is 7.19. The lowest BCUT2D eigenvalue weighted by molar-refractivity contribution is -0.147. The normalized spacial score (nSPS) is 16.5. The second kappa shape index (κ2) is 8.64. The summed E-state index contributed by atoms with van der Waals surface area (Å²) >= 11 is 0. The van der Waals surface area contributed by atoms with E-state index < -0.39 is 5.97 Å². The zero-order chi connectivity index (χ0) is 15.8. The highest BCUT2D eigenvalue weighted by molar-refractivity contribution is 5.86. The van der Waals surface area contributed by atoms with E-state index in [4.69, 9.17) is 5.11 Å². The molecular weight excluding hydrogens is 272 g/mol. The van der Waals surface area contributed by atoms with Gasteiger partial charge in [-0.2, -0.15) is 0 Å². The number of hydrogen-bond donors (Lipinski definition) is 1. The van der Waals surface area contributed by atoms with Crippen molar-refractivity contribution in [3.8, 4) is 0 Å². The van der Waals surface area contributed by atoms with E-state index in [0.717, 1.165) is 25.7 Å². The van der Waals surface area contributed by atoms with Crippen LogP contribution in [0, 0.1) is 5.92 Å². The number of rotatable bonds is 6. The molecule has 0 aromatic heterocycles. The van der Waals surface area contributed by atoms with Gasteiger partial charge in [-0.1, -0.05) is 26.7 Å². The van der Waals surface area contributed by atoms with Gasteiger partial charge in [0.2, 0.25) is 11.8 Å². The Morgan fingerprint density at radius 3 is 2.52 bits per heavy atom. The van der Waals surface area contributed by atoms with E-state index in [1.54, 1.807) is 4.90 Å². The first-order chi connectivity index (χ1) is 9.90. The second-order valence-corrected chi connectivity index (χ2v) is 6.04. The van der Waals surface area contributed by atoms with E-state index in [-0.39, 0.29) is 30.8 Å². The maximum absolute atomic E-state index is 12.3. The van der Waals surface area contributed by atoms with Gasteiger partial charge in [0, 0.05) is 19.5 Å². The highest BCUT2D eigenvalue weighted by Crippen LogP contribution is 2.12.